The molecular weight excluding hydrogens is 216 g/mol. The van der Waals surface area contributed by atoms with Crippen molar-refractivity contribution >= 4 is 6.29 Å². The van der Waals surface area contributed by atoms with E-state index in [1.807, 2.05) is 25.1 Å². The van der Waals surface area contributed by atoms with Gasteiger partial charge in [-0.1, -0.05) is 6.07 Å². The molecule has 0 amide bonds. The fraction of sp³-hybridized carbons (Fsp3) is 0.231. The number of benzene rings is 1. The topological polar surface area (TPSA) is 44.1 Å². The maximum Gasteiger partial charge on any atom is 0.153 e. The summed E-state index contributed by atoms with van der Waals surface area (Å²) >= 11 is 0. The Morgan fingerprint density at radius 1 is 1.41 bits per heavy atom. The van der Waals surface area contributed by atoms with Crippen molar-refractivity contribution in [2.45, 2.75) is 6.92 Å². The first-order chi connectivity index (χ1) is 8.15. The third-order valence-electron chi connectivity index (χ3n) is 2.60. The molecule has 0 atom stereocenters. The van der Waals surface area contributed by atoms with Crippen LogP contribution >= 0.6 is 0 Å². The van der Waals surface area contributed by atoms with Crippen LogP contribution in [0, 0.1) is 6.92 Å². The highest BCUT2D eigenvalue weighted by atomic mass is 16.5. The fourth-order valence-electron chi connectivity index (χ4n) is 1.80. The molecule has 88 valence electrons. The molecule has 0 fully saturated rings. The van der Waals surface area contributed by atoms with Crippen LogP contribution in [0.15, 0.2) is 24.4 Å². The van der Waals surface area contributed by atoms with Crippen LogP contribution in [0.3, 0.4) is 0 Å². The smallest absolute Gasteiger partial charge is 0.153 e. The lowest BCUT2D eigenvalue weighted by atomic mass is 10.1. The van der Waals surface area contributed by atoms with E-state index in [0.717, 1.165) is 23.2 Å². The standard InChI is InChI=1S/C13H14N2O2/c1-9-4-5-11(12(6-9)17-3)13-10(8-16)7-15(2)14-13/h4-8H,1-3H3. The molecule has 0 spiro atoms. The zero-order chi connectivity index (χ0) is 12.4. The third kappa shape index (κ3) is 2.06. The summed E-state index contributed by atoms with van der Waals surface area (Å²) in [5, 5.41) is 4.30. The third-order valence-corrected chi connectivity index (χ3v) is 2.60. The van der Waals surface area contributed by atoms with Gasteiger partial charge in [-0.15, -0.1) is 0 Å². The van der Waals surface area contributed by atoms with Crippen LogP contribution in [0.1, 0.15) is 15.9 Å². The van der Waals surface area contributed by atoms with Crippen molar-refractivity contribution in [2.75, 3.05) is 7.11 Å². The van der Waals surface area contributed by atoms with Crippen molar-refractivity contribution in [2.24, 2.45) is 7.05 Å². The molecule has 0 unspecified atom stereocenters. The van der Waals surface area contributed by atoms with Crippen LogP contribution in [0.4, 0.5) is 0 Å². The molecule has 1 aromatic carbocycles. The number of aromatic nitrogens is 2. The molecule has 4 nitrogen and oxygen atoms in total. The number of aryl methyl sites for hydroxylation is 2. The largest absolute Gasteiger partial charge is 0.496 e. The predicted molar refractivity (Wildman–Crippen MR) is 65.3 cm³/mol. The molecule has 2 aromatic rings. The Morgan fingerprint density at radius 2 is 2.18 bits per heavy atom. The summed E-state index contributed by atoms with van der Waals surface area (Å²) in [7, 11) is 3.40. The minimum Gasteiger partial charge on any atom is -0.496 e. The molecule has 0 aliphatic heterocycles. The van der Waals surface area contributed by atoms with Crippen molar-refractivity contribution < 1.29 is 9.53 Å². The highest BCUT2D eigenvalue weighted by Crippen LogP contribution is 2.31. The molecular formula is C13H14N2O2. The van der Waals surface area contributed by atoms with Crippen LogP contribution in [0.2, 0.25) is 0 Å². The summed E-state index contributed by atoms with van der Waals surface area (Å²) in [6.07, 6.45) is 2.50. The van der Waals surface area contributed by atoms with Gasteiger partial charge in [0.15, 0.2) is 6.29 Å². The molecule has 0 N–H and O–H groups in total. The van der Waals surface area contributed by atoms with Crippen molar-refractivity contribution in [1.82, 2.24) is 9.78 Å². The quantitative estimate of drug-likeness (QED) is 0.759. The first-order valence-electron chi connectivity index (χ1n) is 5.29. The van der Waals surface area contributed by atoms with Crippen LogP contribution < -0.4 is 4.74 Å². The zero-order valence-electron chi connectivity index (χ0n) is 10.1. The number of nitrogens with zero attached hydrogens (tertiary/aromatic N) is 2. The van der Waals surface area contributed by atoms with Crippen LogP contribution in [0.25, 0.3) is 11.3 Å². The Balaban J connectivity index is 2.63. The average Bonchev–Trinajstić information content (AvgIpc) is 2.70. The first-order valence-corrected chi connectivity index (χ1v) is 5.29. The normalized spacial score (nSPS) is 10.3. The lowest BCUT2D eigenvalue weighted by Crippen LogP contribution is -1.92. The zero-order valence-corrected chi connectivity index (χ0v) is 10.1. The summed E-state index contributed by atoms with van der Waals surface area (Å²) in [5.74, 6) is 0.729. The summed E-state index contributed by atoms with van der Waals surface area (Å²) in [4.78, 5) is 11.0. The van der Waals surface area contributed by atoms with E-state index < -0.39 is 0 Å². The van der Waals surface area contributed by atoms with Gasteiger partial charge in [-0.25, -0.2) is 0 Å². The Kier molecular flexibility index (Phi) is 2.95. The number of ether oxygens (including phenoxy) is 1. The summed E-state index contributed by atoms with van der Waals surface area (Å²) < 4.78 is 6.95. The number of aldehydes is 1. The van der Waals surface area contributed by atoms with E-state index in [2.05, 4.69) is 5.10 Å². The van der Waals surface area contributed by atoms with E-state index in [1.165, 1.54) is 0 Å². The molecule has 0 aliphatic rings. The van der Waals surface area contributed by atoms with Crippen molar-refractivity contribution in [1.29, 1.82) is 0 Å². The van der Waals surface area contributed by atoms with Crippen molar-refractivity contribution in [3.05, 3.63) is 35.5 Å². The molecule has 4 heteroatoms. The molecule has 2 rings (SSSR count). The second-order valence-corrected chi connectivity index (χ2v) is 3.93. The van der Waals surface area contributed by atoms with Gasteiger partial charge in [0.25, 0.3) is 0 Å². The van der Waals surface area contributed by atoms with Gasteiger partial charge in [0.2, 0.25) is 0 Å². The Labute approximate surface area is 99.8 Å². The lowest BCUT2D eigenvalue weighted by Gasteiger charge is -2.07. The molecule has 0 saturated carbocycles. The molecule has 0 saturated heterocycles. The highest BCUT2D eigenvalue weighted by Gasteiger charge is 2.13. The Bertz CT molecular complexity index is 559. The van der Waals surface area contributed by atoms with E-state index in [4.69, 9.17) is 4.74 Å². The molecule has 1 aromatic heterocycles. The van der Waals surface area contributed by atoms with Gasteiger partial charge >= 0.3 is 0 Å². The first kappa shape index (κ1) is 11.4. The van der Waals surface area contributed by atoms with E-state index in [1.54, 1.807) is 25.0 Å². The number of methoxy groups -OCH3 is 1. The molecule has 17 heavy (non-hydrogen) atoms. The van der Waals surface area contributed by atoms with Crippen LogP contribution in [-0.4, -0.2) is 23.2 Å². The van der Waals surface area contributed by atoms with Crippen molar-refractivity contribution in [3.8, 4) is 17.0 Å². The SMILES string of the molecule is COc1cc(C)ccc1-c1nn(C)cc1C=O. The monoisotopic (exact) mass is 230 g/mol. The van der Waals surface area contributed by atoms with Gasteiger partial charge in [-0.05, 0) is 24.6 Å². The molecule has 0 radical (unpaired) electrons. The summed E-state index contributed by atoms with van der Waals surface area (Å²) in [5.41, 5.74) is 3.16. The number of hydrogen-bond acceptors (Lipinski definition) is 3. The number of hydrogen-bond donors (Lipinski definition) is 0. The Hall–Kier alpha value is -2.10. The highest BCUT2D eigenvalue weighted by molar-refractivity contribution is 5.87. The maximum absolute atomic E-state index is 11.0. The fourth-order valence-corrected chi connectivity index (χ4v) is 1.80. The molecule has 1 heterocycles. The molecule has 0 bridgehead atoms. The minimum atomic E-state index is 0.564. The van der Waals surface area contributed by atoms with E-state index in [9.17, 15) is 4.79 Å². The van der Waals surface area contributed by atoms with E-state index >= 15 is 0 Å². The second kappa shape index (κ2) is 4.41. The number of carbonyl (C=O) groups excluding carboxylic acids is 1. The van der Waals surface area contributed by atoms with Gasteiger partial charge in [0.05, 0.1) is 12.7 Å². The van der Waals surface area contributed by atoms with E-state index in [0.29, 0.717) is 11.3 Å². The average molecular weight is 230 g/mol. The lowest BCUT2D eigenvalue weighted by molar-refractivity contribution is 0.112. The Morgan fingerprint density at radius 3 is 2.82 bits per heavy atom. The second-order valence-electron chi connectivity index (χ2n) is 3.93. The van der Waals surface area contributed by atoms with Gasteiger partial charge in [0.1, 0.15) is 11.4 Å². The van der Waals surface area contributed by atoms with Gasteiger partial charge in [0, 0.05) is 18.8 Å². The van der Waals surface area contributed by atoms with Crippen molar-refractivity contribution in [3.63, 3.8) is 0 Å². The van der Waals surface area contributed by atoms with Gasteiger partial charge in [-0.3, -0.25) is 9.48 Å². The number of rotatable bonds is 3. The van der Waals surface area contributed by atoms with Gasteiger partial charge < -0.3 is 4.74 Å². The number of carbonyl (C=O) groups is 1. The predicted octanol–water partition coefficient (Wildman–Crippen LogP) is 2.22. The van der Waals surface area contributed by atoms with Gasteiger partial charge in [-0.2, -0.15) is 5.10 Å². The molecule has 0 aliphatic carbocycles. The summed E-state index contributed by atoms with van der Waals surface area (Å²) in [6.45, 7) is 1.99. The van der Waals surface area contributed by atoms with E-state index in [-0.39, 0.29) is 0 Å². The van der Waals surface area contributed by atoms with Crippen LogP contribution in [0.5, 0.6) is 5.75 Å². The summed E-state index contributed by atoms with van der Waals surface area (Å²) in [6, 6.07) is 5.82. The minimum absolute atomic E-state index is 0.564. The van der Waals surface area contributed by atoms with Crippen LogP contribution in [-0.2, 0) is 7.05 Å². The maximum atomic E-state index is 11.0.